The van der Waals surface area contributed by atoms with Crippen LogP contribution in [-0.4, -0.2) is 48.4 Å². The fourth-order valence-electron chi connectivity index (χ4n) is 3.61. The number of rotatable bonds is 4. The molecule has 0 atom stereocenters. The van der Waals surface area contributed by atoms with Crippen LogP contribution in [-0.2, 0) is 0 Å². The van der Waals surface area contributed by atoms with Crippen molar-refractivity contribution < 1.29 is 4.79 Å². The van der Waals surface area contributed by atoms with E-state index in [4.69, 9.17) is 0 Å². The molecule has 0 spiro atoms. The fraction of sp³-hybridized carbons (Fsp3) is 0.450. The van der Waals surface area contributed by atoms with E-state index < -0.39 is 0 Å². The van der Waals surface area contributed by atoms with Gasteiger partial charge in [-0.1, -0.05) is 43.3 Å². The highest BCUT2D eigenvalue weighted by Gasteiger charge is 2.26. The van der Waals surface area contributed by atoms with Crippen molar-refractivity contribution in [1.82, 2.24) is 9.80 Å². The van der Waals surface area contributed by atoms with Crippen LogP contribution < -0.4 is 0 Å². The first-order valence-electron chi connectivity index (χ1n) is 8.68. The smallest absolute Gasteiger partial charge is 0.254 e. The van der Waals surface area contributed by atoms with Gasteiger partial charge in [0.15, 0.2) is 0 Å². The lowest BCUT2D eigenvalue weighted by atomic mass is 10.00. The normalized spacial score (nSPS) is 16.6. The zero-order valence-corrected chi connectivity index (χ0v) is 14.2. The molecule has 1 heterocycles. The van der Waals surface area contributed by atoms with E-state index in [1.165, 1.54) is 13.0 Å². The number of benzene rings is 2. The van der Waals surface area contributed by atoms with E-state index in [0.717, 1.165) is 42.3 Å². The molecule has 1 fully saturated rings. The molecular weight excluding hydrogens is 284 g/mol. The Morgan fingerprint density at radius 2 is 1.83 bits per heavy atom. The number of carbonyl (C=O) groups is 1. The zero-order chi connectivity index (χ0) is 16.2. The monoisotopic (exact) mass is 310 g/mol. The van der Waals surface area contributed by atoms with Crippen molar-refractivity contribution in [1.29, 1.82) is 0 Å². The van der Waals surface area contributed by atoms with Gasteiger partial charge in [0.2, 0.25) is 0 Å². The molecule has 2 aromatic carbocycles. The van der Waals surface area contributed by atoms with Gasteiger partial charge in [0.1, 0.15) is 0 Å². The Hall–Kier alpha value is -1.87. The molecule has 3 rings (SSSR count). The summed E-state index contributed by atoms with van der Waals surface area (Å²) in [6, 6.07) is 14.5. The van der Waals surface area contributed by atoms with Gasteiger partial charge >= 0.3 is 0 Å². The first-order valence-corrected chi connectivity index (χ1v) is 8.68. The number of fused-ring (bicyclic) bond motifs is 1. The Labute approximate surface area is 138 Å². The predicted molar refractivity (Wildman–Crippen MR) is 95.8 cm³/mol. The number of likely N-dealkylation sites (tertiary alicyclic amines) is 1. The molecule has 23 heavy (non-hydrogen) atoms. The van der Waals surface area contributed by atoms with Crippen LogP contribution in [0.4, 0.5) is 0 Å². The Bertz CT molecular complexity index is 669. The lowest BCUT2D eigenvalue weighted by Gasteiger charge is -2.36. The van der Waals surface area contributed by atoms with E-state index in [1.54, 1.807) is 0 Å². The molecule has 122 valence electrons. The minimum absolute atomic E-state index is 0.149. The molecule has 0 unspecified atom stereocenters. The quantitative estimate of drug-likeness (QED) is 0.858. The summed E-state index contributed by atoms with van der Waals surface area (Å²) in [4.78, 5) is 17.4. The van der Waals surface area contributed by atoms with Crippen molar-refractivity contribution in [3.63, 3.8) is 0 Å². The second kappa shape index (κ2) is 7.14. The van der Waals surface area contributed by atoms with Gasteiger partial charge in [-0.2, -0.15) is 0 Å². The van der Waals surface area contributed by atoms with E-state index in [9.17, 15) is 4.79 Å². The maximum absolute atomic E-state index is 13.0. The van der Waals surface area contributed by atoms with Gasteiger partial charge in [-0.05, 0) is 42.6 Å². The van der Waals surface area contributed by atoms with Crippen LogP contribution in [0.3, 0.4) is 0 Å². The maximum Gasteiger partial charge on any atom is 0.254 e. The molecular formula is C20H26N2O. The van der Waals surface area contributed by atoms with Gasteiger partial charge in [0.25, 0.3) is 5.91 Å². The Morgan fingerprint density at radius 1 is 1.13 bits per heavy atom. The number of amides is 1. The van der Waals surface area contributed by atoms with Crippen molar-refractivity contribution in [2.45, 2.75) is 32.2 Å². The number of nitrogens with zero attached hydrogens (tertiary/aromatic N) is 2. The summed E-state index contributed by atoms with van der Waals surface area (Å²) in [5.74, 6) is 0.149. The summed E-state index contributed by atoms with van der Waals surface area (Å²) in [6.45, 7) is 5.60. The van der Waals surface area contributed by atoms with E-state index in [0.29, 0.717) is 6.04 Å². The molecule has 0 aromatic heterocycles. The molecule has 0 saturated carbocycles. The third-order valence-electron chi connectivity index (χ3n) is 4.99. The van der Waals surface area contributed by atoms with Crippen LogP contribution in [0.1, 0.15) is 36.5 Å². The lowest BCUT2D eigenvalue weighted by molar-refractivity contribution is 0.0644. The summed E-state index contributed by atoms with van der Waals surface area (Å²) in [5, 5.41) is 2.18. The number of carbonyl (C=O) groups excluding carboxylic acids is 1. The predicted octanol–water partition coefficient (Wildman–Crippen LogP) is 3.79. The van der Waals surface area contributed by atoms with Crippen molar-refractivity contribution >= 4 is 16.7 Å². The van der Waals surface area contributed by atoms with E-state index in [1.807, 2.05) is 42.3 Å². The summed E-state index contributed by atoms with van der Waals surface area (Å²) >= 11 is 0. The minimum Gasteiger partial charge on any atom is -0.339 e. The standard InChI is InChI=1S/C20H26N2O/c1-3-13-22-14-11-17(12-15-22)21(2)20(23)19-10-6-8-16-7-4-5-9-18(16)19/h4-10,17H,3,11-15H2,1-2H3. The molecule has 0 N–H and O–H groups in total. The molecule has 1 aliphatic heterocycles. The zero-order valence-electron chi connectivity index (χ0n) is 14.2. The number of hydrogen-bond acceptors (Lipinski definition) is 2. The number of piperidine rings is 1. The first-order chi connectivity index (χ1) is 11.2. The molecule has 0 radical (unpaired) electrons. The van der Waals surface area contributed by atoms with Gasteiger partial charge < -0.3 is 9.80 Å². The Kier molecular flexibility index (Phi) is 4.97. The SMILES string of the molecule is CCCN1CCC(N(C)C(=O)c2cccc3ccccc23)CC1. The molecule has 2 aromatic rings. The van der Waals surface area contributed by atoms with Gasteiger partial charge in [-0.25, -0.2) is 0 Å². The van der Waals surface area contributed by atoms with Crippen LogP contribution >= 0.6 is 0 Å². The molecule has 0 aliphatic carbocycles. The molecule has 1 amide bonds. The van der Waals surface area contributed by atoms with Crippen molar-refractivity contribution in [3.05, 3.63) is 48.0 Å². The molecule has 1 aliphatic rings. The van der Waals surface area contributed by atoms with Crippen LogP contribution in [0.15, 0.2) is 42.5 Å². The minimum atomic E-state index is 0.149. The van der Waals surface area contributed by atoms with Crippen LogP contribution in [0.5, 0.6) is 0 Å². The summed E-state index contributed by atoms with van der Waals surface area (Å²) in [6.07, 6.45) is 3.36. The lowest BCUT2D eigenvalue weighted by Crippen LogP contribution is -2.45. The van der Waals surface area contributed by atoms with Crippen LogP contribution in [0.2, 0.25) is 0 Å². The maximum atomic E-state index is 13.0. The molecule has 3 heteroatoms. The third kappa shape index (κ3) is 3.40. The Balaban J connectivity index is 1.75. The van der Waals surface area contributed by atoms with Gasteiger partial charge in [-0.15, -0.1) is 0 Å². The highest BCUT2D eigenvalue weighted by atomic mass is 16.2. The topological polar surface area (TPSA) is 23.6 Å². The highest BCUT2D eigenvalue weighted by Crippen LogP contribution is 2.23. The van der Waals surface area contributed by atoms with Gasteiger partial charge in [0.05, 0.1) is 0 Å². The van der Waals surface area contributed by atoms with Crippen molar-refractivity contribution in [2.75, 3.05) is 26.7 Å². The van der Waals surface area contributed by atoms with E-state index in [-0.39, 0.29) is 5.91 Å². The highest BCUT2D eigenvalue weighted by molar-refractivity contribution is 6.07. The third-order valence-corrected chi connectivity index (χ3v) is 4.99. The second-order valence-electron chi connectivity index (χ2n) is 6.52. The van der Waals surface area contributed by atoms with Gasteiger partial charge in [-0.3, -0.25) is 4.79 Å². The van der Waals surface area contributed by atoms with Crippen LogP contribution in [0.25, 0.3) is 10.8 Å². The number of hydrogen-bond donors (Lipinski definition) is 0. The van der Waals surface area contributed by atoms with Crippen molar-refractivity contribution in [3.8, 4) is 0 Å². The van der Waals surface area contributed by atoms with Crippen LogP contribution in [0, 0.1) is 0 Å². The average Bonchev–Trinajstić information content (AvgIpc) is 2.61. The molecule has 1 saturated heterocycles. The largest absolute Gasteiger partial charge is 0.339 e. The van der Waals surface area contributed by atoms with Crippen molar-refractivity contribution in [2.24, 2.45) is 0 Å². The van der Waals surface area contributed by atoms with Gasteiger partial charge in [0, 0.05) is 31.7 Å². The first kappa shape index (κ1) is 16.0. The Morgan fingerprint density at radius 3 is 2.57 bits per heavy atom. The summed E-state index contributed by atoms with van der Waals surface area (Å²) in [5.41, 5.74) is 0.821. The molecule has 3 nitrogen and oxygen atoms in total. The summed E-state index contributed by atoms with van der Waals surface area (Å²) in [7, 11) is 1.96. The molecule has 0 bridgehead atoms. The second-order valence-corrected chi connectivity index (χ2v) is 6.52. The van der Waals surface area contributed by atoms with E-state index in [2.05, 4.69) is 24.0 Å². The van der Waals surface area contributed by atoms with E-state index >= 15 is 0 Å². The summed E-state index contributed by atoms with van der Waals surface area (Å²) < 4.78 is 0. The average molecular weight is 310 g/mol. The fourth-order valence-corrected chi connectivity index (χ4v) is 3.61.